The Morgan fingerprint density at radius 3 is 3.00 bits per heavy atom. The molecule has 6 heteroatoms. The number of rotatable bonds is 3. The normalized spacial score (nSPS) is 23.8. The number of carbonyl (C=O) groups is 1. The van der Waals surface area contributed by atoms with E-state index in [9.17, 15) is 4.79 Å². The number of anilines is 1. The Morgan fingerprint density at radius 2 is 2.20 bits per heavy atom. The Morgan fingerprint density at radius 1 is 1.28 bits per heavy atom. The van der Waals surface area contributed by atoms with Gasteiger partial charge in [0.2, 0.25) is 5.91 Å². The number of likely N-dealkylation sites (tertiary alicyclic amines) is 1. The van der Waals surface area contributed by atoms with Gasteiger partial charge < -0.3 is 14.5 Å². The molecule has 4 heterocycles. The van der Waals surface area contributed by atoms with Crippen LogP contribution in [-0.4, -0.2) is 54.2 Å². The summed E-state index contributed by atoms with van der Waals surface area (Å²) in [5.74, 6) is 0.227. The number of thiophene rings is 1. The lowest BCUT2D eigenvalue weighted by Gasteiger charge is -2.41. The predicted octanol–water partition coefficient (Wildman–Crippen LogP) is 2.58. The van der Waals surface area contributed by atoms with Gasteiger partial charge in [-0.05, 0) is 47.4 Å². The molecule has 0 unspecified atom stereocenters. The summed E-state index contributed by atoms with van der Waals surface area (Å²) in [7, 11) is 0. The number of hydrogen-bond acceptors (Lipinski definition) is 5. The molecule has 0 aliphatic carbocycles. The number of aromatic nitrogens is 1. The van der Waals surface area contributed by atoms with Crippen molar-refractivity contribution in [2.75, 3.05) is 31.1 Å². The van der Waals surface area contributed by atoms with Crippen LogP contribution >= 0.6 is 11.3 Å². The molecule has 0 bridgehead atoms. The number of hydrogen-bond donors (Lipinski definition) is 0. The molecule has 0 spiro atoms. The van der Waals surface area contributed by atoms with E-state index in [0.717, 1.165) is 50.3 Å². The summed E-state index contributed by atoms with van der Waals surface area (Å²) in [6.07, 6.45) is 6.26. The number of ether oxygens (including phenoxy) is 1. The fourth-order valence-corrected chi connectivity index (χ4v) is 4.52. The topological polar surface area (TPSA) is 45.7 Å². The second kappa shape index (κ2) is 7.54. The lowest BCUT2D eigenvalue weighted by Crippen LogP contribution is -2.51. The summed E-state index contributed by atoms with van der Waals surface area (Å²) in [5.41, 5.74) is 2.27. The highest BCUT2D eigenvalue weighted by molar-refractivity contribution is 7.08. The molecule has 132 valence electrons. The molecule has 5 nitrogen and oxygen atoms in total. The molecule has 2 aromatic rings. The molecule has 2 aliphatic heterocycles. The fourth-order valence-electron chi connectivity index (χ4n) is 3.85. The number of morpholine rings is 1. The van der Waals surface area contributed by atoms with Crippen LogP contribution in [-0.2, 0) is 16.0 Å². The van der Waals surface area contributed by atoms with E-state index in [-0.39, 0.29) is 12.0 Å². The smallest absolute Gasteiger partial charge is 0.227 e. The zero-order chi connectivity index (χ0) is 17.1. The van der Waals surface area contributed by atoms with Gasteiger partial charge in [0.05, 0.1) is 37.1 Å². The maximum absolute atomic E-state index is 12.6. The summed E-state index contributed by atoms with van der Waals surface area (Å²) in [4.78, 5) is 21.3. The van der Waals surface area contributed by atoms with Gasteiger partial charge in [0.15, 0.2) is 0 Å². The molecule has 2 saturated heterocycles. The third-order valence-electron chi connectivity index (χ3n) is 5.14. The minimum absolute atomic E-state index is 0.188. The van der Waals surface area contributed by atoms with Gasteiger partial charge in [-0.15, -0.1) is 0 Å². The quantitative estimate of drug-likeness (QED) is 0.847. The largest absolute Gasteiger partial charge is 0.374 e. The summed E-state index contributed by atoms with van der Waals surface area (Å²) in [5, 5.41) is 4.09. The first-order valence-corrected chi connectivity index (χ1v) is 9.82. The highest BCUT2D eigenvalue weighted by Gasteiger charge is 2.35. The maximum atomic E-state index is 12.6. The lowest BCUT2D eigenvalue weighted by atomic mass is 10.0. The molecular formula is C19H23N3O2S. The number of nitrogens with zero attached hydrogens (tertiary/aromatic N) is 3. The van der Waals surface area contributed by atoms with E-state index in [2.05, 4.69) is 21.3 Å². The van der Waals surface area contributed by atoms with Crippen molar-refractivity contribution in [1.82, 2.24) is 9.88 Å². The average Bonchev–Trinajstić information content (AvgIpc) is 3.05. The molecule has 0 aromatic carbocycles. The molecule has 0 radical (unpaired) electrons. The van der Waals surface area contributed by atoms with Crippen LogP contribution in [0.4, 0.5) is 5.69 Å². The maximum Gasteiger partial charge on any atom is 0.227 e. The monoisotopic (exact) mass is 357 g/mol. The van der Waals surface area contributed by atoms with Crippen molar-refractivity contribution in [3.8, 4) is 0 Å². The van der Waals surface area contributed by atoms with Gasteiger partial charge in [0.1, 0.15) is 0 Å². The summed E-state index contributed by atoms with van der Waals surface area (Å²) < 4.78 is 6.05. The molecule has 2 fully saturated rings. The summed E-state index contributed by atoms with van der Waals surface area (Å²) in [6.45, 7) is 3.20. The van der Waals surface area contributed by atoms with Gasteiger partial charge in [-0.25, -0.2) is 0 Å². The third kappa shape index (κ3) is 3.70. The summed E-state index contributed by atoms with van der Waals surface area (Å²) in [6, 6.07) is 6.44. The van der Waals surface area contributed by atoms with Crippen LogP contribution in [0.15, 0.2) is 41.4 Å². The second-order valence-electron chi connectivity index (χ2n) is 6.65. The molecule has 4 rings (SSSR count). The zero-order valence-corrected chi connectivity index (χ0v) is 15.0. The van der Waals surface area contributed by atoms with Gasteiger partial charge in [-0.3, -0.25) is 9.78 Å². The average molecular weight is 357 g/mol. The highest BCUT2D eigenvalue weighted by Crippen LogP contribution is 2.28. The Hall–Kier alpha value is -1.92. The molecule has 25 heavy (non-hydrogen) atoms. The van der Waals surface area contributed by atoms with Crippen LogP contribution in [0.25, 0.3) is 0 Å². The van der Waals surface area contributed by atoms with E-state index in [1.54, 1.807) is 17.5 Å². The Bertz CT molecular complexity index is 692. The highest BCUT2D eigenvalue weighted by atomic mass is 32.1. The van der Waals surface area contributed by atoms with Crippen molar-refractivity contribution in [3.05, 3.63) is 46.9 Å². The number of pyridine rings is 1. The van der Waals surface area contributed by atoms with E-state index < -0.39 is 0 Å². The number of carbonyl (C=O) groups excluding carboxylic acids is 1. The van der Waals surface area contributed by atoms with Gasteiger partial charge in [0.25, 0.3) is 0 Å². The SMILES string of the molecule is O=C(Cc1ccsc1)N1CC[C@@H]2[C@@H](CC1)OCCN2c1cccnc1. The van der Waals surface area contributed by atoms with E-state index in [4.69, 9.17) is 4.74 Å². The van der Waals surface area contributed by atoms with Gasteiger partial charge in [-0.1, -0.05) is 0 Å². The molecule has 1 amide bonds. The van der Waals surface area contributed by atoms with Crippen molar-refractivity contribution >= 4 is 22.9 Å². The van der Waals surface area contributed by atoms with Crippen molar-refractivity contribution < 1.29 is 9.53 Å². The second-order valence-corrected chi connectivity index (χ2v) is 7.43. The minimum Gasteiger partial charge on any atom is -0.374 e. The predicted molar refractivity (Wildman–Crippen MR) is 98.9 cm³/mol. The fraction of sp³-hybridized carbons (Fsp3) is 0.474. The minimum atomic E-state index is 0.188. The summed E-state index contributed by atoms with van der Waals surface area (Å²) >= 11 is 1.64. The van der Waals surface area contributed by atoms with E-state index >= 15 is 0 Å². The molecule has 0 saturated carbocycles. The van der Waals surface area contributed by atoms with Gasteiger partial charge >= 0.3 is 0 Å². The van der Waals surface area contributed by atoms with Crippen LogP contribution in [0.5, 0.6) is 0 Å². The zero-order valence-electron chi connectivity index (χ0n) is 14.2. The van der Waals surface area contributed by atoms with Crippen LogP contribution in [0.3, 0.4) is 0 Å². The van der Waals surface area contributed by atoms with Crippen molar-refractivity contribution in [2.24, 2.45) is 0 Å². The van der Waals surface area contributed by atoms with Crippen molar-refractivity contribution in [2.45, 2.75) is 31.4 Å². The van der Waals surface area contributed by atoms with Gasteiger partial charge in [0, 0.05) is 25.8 Å². The first-order valence-electron chi connectivity index (χ1n) is 8.88. The van der Waals surface area contributed by atoms with Crippen LogP contribution in [0, 0.1) is 0 Å². The lowest BCUT2D eigenvalue weighted by molar-refractivity contribution is -0.130. The Labute approximate surface area is 152 Å². The molecule has 0 N–H and O–H groups in total. The molecular weight excluding hydrogens is 334 g/mol. The number of amides is 1. The number of fused-ring (bicyclic) bond motifs is 1. The van der Waals surface area contributed by atoms with Crippen molar-refractivity contribution in [3.63, 3.8) is 0 Å². The van der Waals surface area contributed by atoms with Gasteiger partial charge in [-0.2, -0.15) is 11.3 Å². The van der Waals surface area contributed by atoms with Crippen molar-refractivity contribution in [1.29, 1.82) is 0 Å². The Kier molecular flexibility index (Phi) is 4.99. The first kappa shape index (κ1) is 16.5. The van der Waals surface area contributed by atoms with Crippen LogP contribution in [0.2, 0.25) is 0 Å². The molecule has 2 aromatic heterocycles. The first-order chi connectivity index (χ1) is 12.3. The van der Waals surface area contributed by atoms with E-state index in [0.29, 0.717) is 12.5 Å². The Balaban J connectivity index is 1.45. The van der Waals surface area contributed by atoms with E-state index in [1.165, 1.54) is 0 Å². The molecule has 2 atom stereocenters. The standard InChI is InChI=1S/C19H23N3O2S/c23-19(12-15-5-11-25-14-15)21-7-3-17-18(4-8-21)24-10-9-22(17)16-2-1-6-20-13-16/h1-2,5-6,11,13-14,17-18H,3-4,7-10,12H2/t17-,18-/m1/s1. The van der Waals surface area contributed by atoms with E-state index in [1.807, 2.05) is 28.6 Å². The third-order valence-corrected chi connectivity index (χ3v) is 5.87. The van der Waals surface area contributed by atoms with Crippen LogP contribution < -0.4 is 4.90 Å². The van der Waals surface area contributed by atoms with Crippen LogP contribution in [0.1, 0.15) is 18.4 Å². The molecule has 2 aliphatic rings.